The molecule has 0 unspecified atom stereocenters. The van der Waals surface area contributed by atoms with Gasteiger partial charge in [-0.1, -0.05) is 30.3 Å². The van der Waals surface area contributed by atoms with Crippen LogP contribution in [0.2, 0.25) is 0 Å². The van der Waals surface area contributed by atoms with E-state index < -0.39 is 11.7 Å². The molecule has 2 aliphatic rings. The van der Waals surface area contributed by atoms with E-state index in [1.165, 1.54) is 0 Å². The first-order valence-electron chi connectivity index (χ1n) is 11.5. The van der Waals surface area contributed by atoms with Crippen LogP contribution in [0, 0.1) is 6.92 Å². The molecule has 0 aromatic heterocycles. The van der Waals surface area contributed by atoms with Crippen LogP contribution in [0.5, 0.6) is 11.5 Å². The van der Waals surface area contributed by atoms with Gasteiger partial charge in [-0.25, -0.2) is 4.39 Å². The van der Waals surface area contributed by atoms with Crippen LogP contribution in [-0.4, -0.2) is 38.4 Å². The highest BCUT2D eigenvalue weighted by Crippen LogP contribution is 2.49. The Kier molecular flexibility index (Phi) is 5.71. The van der Waals surface area contributed by atoms with Crippen LogP contribution in [0.25, 0.3) is 10.8 Å². The summed E-state index contributed by atoms with van der Waals surface area (Å²) in [5.74, 6) is 1.28. The van der Waals surface area contributed by atoms with Crippen LogP contribution in [0.15, 0.2) is 54.6 Å². The molecular formula is C27H29FN2O3. The van der Waals surface area contributed by atoms with Crippen molar-refractivity contribution in [3.05, 3.63) is 71.3 Å². The summed E-state index contributed by atoms with van der Waals surface area (Å²) in [6.45, 7) is 2.67. The third-order valence-electron chi connectivity index (χ3n) is 6.76. The normalized spacial score (nSPS) is 21.1. The van der Waals surface area contributed by atoms with Crippen molar-refractivity contribution in [1.82, 2.24) is 10.6 Å². The Morgan fingerprint density at radius 1 is 1.15 bits per heavy atom. The maximum atomic E-state index is 13.4. The molecule has 172 valence electrons. The number of benzene rings is 3. The molecular weight excluding hydrogens is 419 g/mol. The van der Waals surface area contributed by atoms with Gasteiger partial charge in [0.2, 0.25) is 0 Å². The predicted octanol–water partition coefficient (Wildman–Crippen LogP) is 4.65. The zero-order valence-corrected chi connectivity index (χ0v) is 19.0. The van der Waals surface area contributed by atoms with E-state index in [1.54, 1.807) is 13.2 Å². The van der Waals surface area contributed by atoms with Gasteiger partial charge in [-0.15, -0.1) is 0 Å². The van der Waals surface area contributed by atoms with E-state index in [0.717, 1.165) is 40.5 Å². The van der Waals surface area contributed by atoms with Crippen molar-refractivity contribution >= 4 is 16.7 Å². The Morgan fingerprint density at radius 3 is 2.70 bits per heavy atom. The average molecular weight is 449 g/mol. The van der Waals surface area contributed by atoms with Gasteiger partial charge < -0.3 is 20.1 Å². The molecule has 1 amide bonds. The van der Waals surface area contributed by atoms with Crippen molar-refractivity contribution in [2.45, 2.75) is 43.9 Å². The largest absolute Gasteiger partial charge is 0.497 e. The molecule has 1 aliphatic heterocycles. The highest BCUT2D eigenvalue weighted by Gasteiger charge is 2.47. The molecule has 0 radical (unpaired) electrons. The summed E-state index contributed by atoms with van der Waals surface area (Å²) >= 11 is 0. The van der Waals surface area contributed by atoms with E-state index in [1.807, 2.05) is 43.3 Å². The standard InChI is InChI=1S/C27H29FN2O3/c1-17-7-8-21(33-16-20-12-19(28)15-29-20)13-24(17)26(31)30-27(9-10-27)25-14-22(32-2)11-18-5-3-4-6-23(18)25/h3-8,11,13-14,19-20,29H,9-10,12,15-16H2,1-2H3,(H,30,31)/t19-,20+/m0/s1. The topological polar surface area (TPSA) is 59.6 Å². The minimum Gasteiger partial charge on any atom is -0.497 e. The highest BCUT2D eigenvalue weighted by atomic mass is 19.1. The SMILES string of the molecule is COc1cc(C2(NC(=O)c3cc(OC[C@H]4C[C@H](F)CN4)ccc3C)CC2)c2ccccc2c1. The van der Waals surface area contributed by atoms with Crippen molar-refractivity contribution < 1.29 is 18.7 Å². The first-order valence-corrected chi connectivity index (χ1v) is 11.5. The summed E-state index contributed by atoms with van der Waals surface area (Å²) in [5.41, 5.74) is 2.16. The number of rotatable bonds is 7. The van der Waals surface area contributed by atoms with Crippen molar-refractivity contribution in [3.63, 3.8) is 0 Å². The van der Waals surface area contributed by atoms with Crippen LogP contribution >= 0.6 is 0 Å². The summed E-state index contributed by atoms with van der Waals surface area (Å²) in [6.07, 6.45) is 1.39. The number of aryl methyl sites for hydroxylation is 1. The summed E-state index contributed by atoms with van der Waals surface area (Å²) in [4.78, 5) is 13.4. The molecule has 0 bridgehead atoms. The van der Waals surface area contributed by atoms with Crippen LogP contribution in [0.1, 0.15) is 40.7 Å². The fraction of sp³-hybridized carbons (Fsp3) is 0.370. The number of hydrogen-bond donors (Lipinski definition) is 2. The van der Waals surface area contributed by atoms with E-state index in [-0.39, 0.29) is 11.9 Å². The van der Waals surface area contributed by atoms with E-state index in [0.29, 0.717) is 30.9 Å². The zero-order valence-electron chi connectivity index (χ0n) is 19.0. The molecule has 5 rings (SSSR count). The van der Waals surface area contributed by atoms with E-state index >= 15 is 0 Å². The quantitative estimate of drug-likeness (QED) is 0.552. The third kappa shape index (κ3) is 4.40. The van der Waals surface area contributed by atoms with Crippen molar-refractivity contribution in [2.24, 2.45) is 0 Å². The van der Waals surface area contributed by atoms with Crippen LogP contribution in [0.4, 0.5) is 4.39 Å². The molecule has 6 heteroatoms. The molecule has 3 aromatic rings. The Hall–Kier alpha value is -3.12. The molecule has 3 aromatic carbocycles. The second-order valence-corrected chi connectivity index (χ2v) is 9.16. The van der Waals surface area contributed by atoms with Gasteiger partial charge in [0.25, 0.3) is 5.91 Å². The van der Waals surface area contributed by atoms with E-state index in [4.69, 9.17) is 9.47 Å². The fourth-order valence-electron chi connectivity index (χ4n) is 4.70. The number of carbonyl (C=O) groups excluding carboxylic acids is 1. The lowest BCUT2D eigenvalue weighted by Crippen LogP contribution is -2.35. The molecule has 1 heterocycles. The first-order chi connectivity index (χ1) is 16.0. The van der Waals surface area contributed by atoms with Crippen molar-refractivity contribution in [3.8, 4) is 11.5 Å². The predicted molar refractivity (Wildman–Crippen MR) is 127 cm³/mol. The number of carbonyl (C=O) groups is 1. The number of alkyl halides is 1. The number of nitrogens with one attached hydrogen (secondary N) is 2. The Bertz CT molecular complexity index is 1190. The van der Waals surface area contributed by atoms with Gasteiger partial charge in [0.15, 0.2) is 0 Å². The molecule has 33 heavy (non-hydrogen) atoms. The average Bonchev–Trinajstić information content (AvgIpc) is 3.48. The van der Waals surface area contributed by atoms with Crippen molar-refractivity contribution in [2.75, 3.05) is 20.3 Å². The maximum Gasteiger partial charge on any atom is 0.252 e. The second kappa shape index (κ2) is 8.67. The summed E-state index contributed by atoms with van der Waals surface area (Å²) in [5, 5.41) is 8.64. The van der Waals surface area contributed by atoms with Gasteiger partial charge in [0.05, 0.1) is 12.6 Å². The first kappa shape index (κ1) is 21.7. The number of ether oxygens (including phenoxy) is 2. The molecule has 2 N–H and O–H groups in total. The summed E-state index contributed by atoms with van der Waals surface area (Å²) in [6, 6.07) is 17.8. The van der Waals surface area contributed by atoms with E-state index in [9.17, 15) is 9.18 Å². The highest BCUT2D eigenvalue weighted by molar-refractivity contribution is 5.98. The van der Waals surface area contributed by atoms with Gasteiger partial charge in [-0.05, 0) is 72.4 Å². The Morgan fingerprint density at radius 2 is 1.97 bits per heavy atom. The number of halogens is 1. The maximum absolute atomic E-state index is 13.4. The van der Waals surface area contributed by atoms with E-state index in [2.05, 4.69) is 22.8 Å². The molecule has 1 aliphatic carbocycles. The summed E-state index contributed by atoms with van der Waals surface area (Å²) < 4.78 is 24.8. The lowest BCUT2D eigenvalue weighted by Gasteiger charge is -2.22. The number of amides is 1. The lowest BCUT2D eigenvalue weighted by molar-refractivity contribution is 0.0930. The zero-order chi connectivity index (χ0) is 23.0. The van der Waals surface area contributed by atoms with Gasteiger partial charge in [0, 0.05) is 18.2 Å². The third-order valence-corrected chi connectivity index (χ3v) is 6.76. The van der Waals surface area contributed by atoms with Gasteiger partial charge in [-0.3, -0.25) is 4.79 Å². The van der Waals surface area contributed by atoms with Gasteiger partial charge in [-0.2, -0.15) is 0 Å². The van der Waals surface area contributed by atoms with Gasteiger partial charge >= 0.3 is 0 Å². The number of methoxy groups -OCH3 is 1. The molecule has 2 atom stereocenters. The molecule has 0 spiro atoms. The molecule has 1 saturated carbocycles. The second-order valence-electron chi connectivity index (χ2n) is 9.16. The molecule has 1 saturated heterocycles. The molecule has 5 nitrogen and oxygen atoms in total. The smallest absolute Gasteiger partial charge is 0.252 e. The minimum absolute atomic E-state index is 0.00495. The minimum atomic E-state index is -0.819. The number of hydrogen-bond acceptors (Lipinski definition) is 4. The van der Waals surface area contributed by atoms with Crippen LogP contribution in [-0.2, 0) is 5.54 Å². The number of fused-ring (bicyclic) bond motifs is 1. The fourth-order valence-corrected chi connectivity index (χ4v) is 4.70. The van der Waals surface area contributed by atoms with Crippen LogP contribution < -0.4 is 20.1 Å². The van der Waals surface area contributed by atoms with Gasteiger partial charge in [0.1, 0.15) is 24.3 Å². The summed E-state index contributed by atoms with van der Waals surface area (Å²) in [7, 11) is 1.66. The monoisotopic (exact) mass is 448 g/mol. The lowest BCUT2D eigenvalue weighted by atomic mass is 9.95. The Balaban J connectivity index is 1.37. The van der Waals surface area contributed by atoms with Crippen LogP contribution in [0.3, 0.4) is 0 Å². The molecule has 2 fully saturated rings. The Labute approximate surface area is 193 Å². The van der Waals surface area contributed by atoms with Crippen molar-refractivity contribution in [1.29, 1.82) is 0 Å².